The fourth-order valence-corrected chi connectivity index (χ4v) is 5.30. The first-order valence-corrected chi connectivity index (χ1v) is 15.1. The molecule has 2 amide bonds. The minimum absolute atomic E-state index is 0.142. The van der Waals surface area contributed by atoms with Crippen molar-refractivity contribution in [1.29, 1.82) is 0 Å². The summed E-state index contributed by atoms with van der Waals surface area (Å²) in [6.07, 6.45) is 4.89. The van der Waals surface area contributed by atoms with Gasteiger partial charge < -0.3 is 10.2 Å². The van der Waals surface area contributed by atoms with Gasteiger partial charge in [-0.15, -0.1) is 0 Å². The molecule has 0 fully saturated rings. The molecule has 0 aromatic heterocycles. The van der Waals surface area contributed by atoms with Crippen LogP contribution in [-0.2, 0) is 32.6 Å². The highest BCUT2D eigenvalue weighted by Gasteiger charge is 2.28. The zero-order chi connectivity index (χ0) is 27.4. The summed E-state index contributed by atoms with van der Waals surface area (Å²) in [5, 5.41) is 2.97. The van der Waals surface area contributed by atoms with E-state index in [4.69, 9.17) is 0 Å². The Morgan fingerprint density at radius 2 is 1.68 bits per heavy atom. The van der Waals surface area contributed by atoms with Crippen LogP contribution in [0.25, 0.3) is 0 Å². The topological polar surface area (TPSA) is 86.8 Å². The van der Waals surface area contributed by atoms with E-state index in [-0.39, 0.29) is 24.8 Å². The molecule has 1 N–H and O–H groups in total. The fourth-order valence-electron chi connectivity index (χ4n) is 4.33. The van der Waals surface area contributed by atoms with Crippen LogP contribution in [-0.4, -0.2) is 50.5 Å². The molecule has 0 aliphatic rings. The number of aryl methyl sites for hydroxylation is 2. The molecule has 2 rings (SSSR count). The molecule has 0 saturated heterocycles. The highest BCUT2D eigenvalue weighted by molar-refractivity contribution is 7.92. The van der Waals surface area contributed by atoms with Gasteiger partial charge in [-0.2, -0.15) is 0 Å². The molecule has 0 unspecified atom stereocenters. The van der Waals surface area contributed by atoms with Crippen LogP contribution in [0.5, 0.6) is 0 Å². The number of benzene rings is 2. The normalized spacial score (nSPS) is 12.1. The van der Waals surface area contributed by atoms with Crippen LogP contribution in [0.4, 0.5) is 5.69 Å². The van der Waals surface area contributed by atoms with Gasteiger partial charge in [-0.3, -0.25) is 13.9 Å². The number of rotatable bonds is 15. The Bertz CT molecular complexity index is 1120. The van der Waals surface area contributed by atoms with Gasteiger partial charge in [0.25, 0.3) is 0 Å². The van der Waals surface area contributed by atoms with Crippen LogP contribution in [0, 0.1) is 6.92 Å². The van der Waals surface area contributed by atoms with Gasteiger partial charge in [-0.1, -0.05) is 69.2 Å². The molecule has 204 valence electrons. The van der Waals surface area contributed by atoms with Crippen molar-refractivity contribution in [3.05, 3.63) is 65.2 Å². The zero-order valence-corrected chi connectivity index (χ0v) is 23.8. The molecule has 8 heteroatoms. The number of hydrogen-bond donors (Lipinski definition) is 1. The van der Waals surface area contributed by atoms with E-state index in [1.54, 1.807) is 17.0 Å². The van der Waals surface area contributed by atoms with Gasteiger partial charge in [0.1, 0.15) is 6.04 Å². The minimum atomic E-state index is -3.51. The average Bonchev–Trinajstić information content (AvgIpc) is 2.86. The summed E-state index contributed by atoms with van der Waals surface area (Å²) < 4.78 is 26.4. The standard InChI is InChI=1S/C29H43N3O4S/c1-6-9-19-30-29(34)27(8-3)31(22-25-13-10-12-23(4)21-25)28(33)14-11-20-32(37(5,35)36)26-17-15-24(7-2)16-18-26/h10,12-13,15-18,21,27H,6-9,11,14,19-20,22H2,1-5H3,(H,30,34)/t27-/m1/s1. The predicted molar refractivity (Wildman–Crippen MR) is 151 cm³/mol. The molecule has 0 spiro atoms. The van der Waals surface area contributed by atoms with Gasteiger partial charge >= 0.3 is 0 Å². The molecule has 1 atom stereocenters. The van der Waals surface area contributed by atoms with E-state index >= 15 is 0 Å². The third kappa shape index (κ3) is 9.50. The molecule has 0 radical (unpaired) electrons. The number of nitrogens with one attached hydrogen (secondary N) is 1. The van der Waals surface area contributed by atoms with Crippen LogP contribution >= 0.6 is 0 Å². The van der Waals surface area contributed by atoms with E-state index < -0.39 is 16.1 Å². The average molecular weight is 530 g/mol. The number of hydrogen-bond acceptors (Lipinski definition) is 4. The maximum absolute atomic E-state index is 13.5. The smallest absolute Gasteiger partial charge is 0.242 e. The van der Waals surface area contributed by atoms with Crippen LogP contribution < -0.4 is 9.62 Å². The summed E-state index contributed by atoms with van der Waals surface area (Å²) in [4.78, 5) is 28.2. The van der Waals surface area contributed by atoms with Crippen molar-refractivity contribution in [1.82, 2.24) is 10.2 Å². The number of amides is 2. The lowest BCUT2D eigenvalue weighted by Crippen LogP contribution is -2.49. The first-order valence-electron chi connectivity index (χ1n) is 13.3. The van der Waals surface area contributed by atoms with Crippen molar-refractivity contribution in [2.45, 2.75) is 78.8 Å². The largest absolute Gasteiger partial charge is 0.354 e. The molecular formula is C29H43N3O4S. The van der Waals surface area contributed by atoms with Crippen molar-refractivity contribution >= 4 is 27.5 Å². The third-order valence-electron chi connectivity index (χ3n) is 6.44. The molecule has 7 nitrogen and oxygen atoms in total. The van der Waals surface area contributed by atoms with Gasteiger partial charge in [0.2, 0.25) is 21.8 Å². The predicted octanol–water partition coefficient (Wildman–Crippen LogP) is 4.83. The number of anilines is 1. The van der Waals surface area contributed by atoms with Gasteiger partial charge in [0.05, 0.1) is 11.9 Å². The summed E-state index contributed by atoms with van der Waals surface area (Å²) >= 11 is 0. The molecule has 0 bridgehead atoms. The Hall–Kier alpha value is -2.87. The Morgan fingerprint density at radius 3 is 2.24 bits per heavy atom. The summed E-state index contributed by atoms with van der Waals surface area (Å²) in [6, 6.07) is 14.8. The van der Waals surface area contributed by atoms with Crippen LogP contribution in [0.2, 0.25) is 0 Å². The maximum atomic E-state index is 13.5. The van der Waals surface area contributed by atoms with E-state index in [2.05, 4.69) is 12.2 Å². The Labute approximate surface area is 223 Å². The Balaban J connectivity index is 2.19. The molecule has 0 aliphatic carbocycles. The number of carbonyl (C=O) groups is 2. The van der Waals surface area contributed by atoms with Gasteiger partial charge in [0.15, 0.2) is 0 Å². The SMILES string of the molecule is CCCCNC(=O)[C@@H](CC)N(Cc1cccc(C)c1)C(=O)CCCN(c1ccc(CC)cc1)S(C)(=O)=O. The molecule has 0 saturated carbocycles. The Kier molecular flexibility index (Phi) is 12.1. The third-order valence-corrected chi connectivity index (χ3v) is 7.63. The van der Waals surface area contributed by atoms with Crippen molar-refractivity contribution in [3.8, 4) is 0 Å². The van der Waals surface area contributed by atoms with Crippen LogP contribution in [0.3, 0.4) is 0 Å². The van der Waals surface area contributed by atoms with Crippen molar-refractivity contribution in [2.24, 2.45) is 0 Å². The first kappa shape index (κ1) is 30.4. The number of carbonyl (C=O) groups excluding carboxylic acids is 2. The second-order valence-electron chi connectivity index (χ2n) is 9.54. The van der Waals surface area contributed by atoms with Crippen LogP contribution in [0.1, 0.15) is 69.6 Å². The summed E-state index contributed by atoms with van der Waals surface area (Å²) in [5.41, 5.74) is 3.76. The molecule has 37 heavy (non-hydrogen) atoms. The second kappa shape index (κ2) is 14.8. The van der Waals surface area contributed by atoms with Gasteiger partial charge in [-0.05, 0) is 55.9 Å². The highest BCUT2D eigenvalue weighted by atomic mass is 32.2. The van der Waals surface area contributed by atoms with E-state index in [0.29, 0.717) is 31.6 Å². The monoisotopic (exact) mass is 529 g/mol. The quantitative estimate of drug-likeness (QED) is 0.335. The molecule has 0 aliphatic heterocycles. The molecular weight excluding hydrogens is 486 g/mol. The van der Waals surface area contributed by atoms with E-state index in [9.17, 15) is 18.0 Å². The number of unbranched alkanes of at least 4 members (excludes halogenated alkanes) is 1. The van der Waals surface area contributed by atoms with Crippen molar-refractivity contribution in [2.75, 3.05) is 23.7 Å². The molecule has 0 heterocycles. The van der Waals surface area contributed by atoms with Crippen molar-refractivity contribution in [3.63, 3.8) is 0 Å². The van der Waals surface area contributed by atoms with E-state index in [0.717, 1.165) is 36.0 Å². The highest BCUT2D eigenvalue weighted by Crippen LogP contribution is 2.21. The summed E-state index contributed by atoms with van der Waals surface area (Å²) in [6.45, 7) is 9.12. The lowest BCUT2D eigenvalue weighted by molar-refractivity contribution is -0.141. The number of nitrogens with zero attached hydrogens (tertiary/aromatic N) is 2. The van der Waals surface area contributed by atoms with Crippen LogP contribution in [0.15, 0.2) is 48.5 Å². The lowest BCUT2D eigenvalue weighted by atomic mass is 10.1. The van der Waals surface area contributed by atoms with E-state index in [1.807, 2.05) is 57.2 Å². The first-order chi connectivity index (χ1) is 17.6. The lowest BCUT2D eigenvalue weighted by Gasteiger charge is -2.31. The minimum Gasteiger partial charge on any atom is -0.354 e. The maximum Gasteiger partial charge on any atom is 0.242 e. The van der Waals surface area contributed by atoms with Gasteiger partial charge in [0, 0.05) is 26.1 Å². The summed E-state index contributed by atoms with van der Waals surface area (Å²) in [7, 11) is -3.51. The van der Waals surface area contributed by atoms with Gasteiger partial charge in [-0.25, -0.2) is 8.42 Å². The zero-order valence-electron chi connectivity index (χ0n) is 23.0. The molecule has 2 aromatic rings. The van der Waals surface area contributed by atoms with E-state index in [1.165, 1.54) is 10.6 Å². The number of sulfonamides is 1. The fraction of sp³-hybridized carbons (Fsp3) is 0.517. The molecule has 2 aromatic carbocycles. The van der Waals surface area contributed by atoms with Crippen molar-refractivity contribution < 1.29 is 18.0 Å². The summed E-state index contributed by atoms with van der Waals surface area (Å²) in [5.74, 6) is -0.306. The Morgan fingerprint density at radius 1 is 0.973 bits per heavy atom. The second-order valence-corrected chi connectivity index (χ2v) is 11.4.